The van der Waals surface area contributed by atoms with Crippen molar-refractivity contribution in [2.24, 2.45) is 5.92 Å². The molecule has 1 aliphatic rings. The highest BCUT2D eigenvalue weighted by molar-refractivity contribution is 6.33. The van der Waals surface area contributed by atoms with Crippen LogP contribution < -0.4 is 19.7 Å². The average Bonchev–Trinajstić information content (AvgIpc) is 3.05. The van der Waals surface area contributed by atoms with E-state index >= 15 is 0 Å². The molecule has 1 heterocycles. The van der Waals surface area contributed by atoms with E-state index in [4.69, 9.17) is 21.1 Å². The van der Waals surface area contributed by atoms with Crippen molar-refractivity contribution in [1.29, 1.82) is 0 Å². The first-order valence-electron chi connectivity index (χ1n) is 8.21. The first kappa shape index (κ1) is 19.0. The number of rotatable bonds is 5. The number of ether oxygens (including phenoxy) is 2. The van der Waals surface area contributed by atoms with Gasteiger partial charge in [-0.05, 0) is 30.3 Å². The predicted octanol–water partition coefficient (Wildman–Crippen LogP) is 3.49. The van der Waals surface area contributed by atoms with E-state index in [2.05, 4.69) is 5.32 Å². The van der Waals surface area contributed by atoms with Crippen LogP contribution in [0.2, 0.25) is 5.02 Å². The summed E-state index contributed by atoms with van der Waals surface area (Å²) in [5.74, 6) is -0.519. The van der Waals surface area contributed by atoms with Crippen molar-refractivity contribution in [2.75, 3.05) is 31.0 Å². The molecule has 0 aromatic heterocycles. The van der Waals surface area contributed by atoms with Gasteiger partial charge in [0.15, 0.2) is 11.5 Å². The summed E-state index contributed by atoms with van der Waals surface area (Å²) >= 11 is 5.94. The Kier molecular flexibility index (Phi) is 5.51. The second-order valence-corrected chi connectivity index (χ2v) is 6.47. The predicted molar refractivity (Wildman–Crippen MR) is 100 cm³/mol. The third kappa shape index (κ3) is 3.98. The second-order valence-electron chi connectivity index (χ2n) is 6.06. The van der Waals surface area contributed by atoms with Crippen molar-refractivity contribution in [3.05, 3.63) is 47.2 Å². The van der Waals surface area contributed by atoms with Crippen LogP contribution in [0, 0.1) is 11.7 Å². The van der Waals surface area contributed by atoms with E-state index in [0.717, 1.165) is 6.07 Å². The van der Waals surface area contributed by atoms with Crippen LogP contribution in [0.1, 0.15) is 6.42 Å². The molecule has 1 atom stereocenters. The molecule has 1 fully saturated rings. The highest BCUT2D eigenvalue weighted by atomic mass is 35.5. The number of carbonyl (C=O) groups is 2. The Hall–Kier alpha value is -2.80. The van der Waals surface area contributed by atoms with Gasteiger partial charge in [-0.3, -0.25) is 9.59 Å². The Morgan fingerprint density at radius 1 is 1.19 bits per heavy atom. The number of carbonyl (C=O) groups excluding carboxylic acids is 2. The Morgan fingerprint density at radius 2 is 1.93 bits per heavy atom. The summed E-state index contributed by atoms with van der Waals surface area (Å²) in [7, 11) is 3.04. The lowest BCUT2D eigenvalue weighted by atomic mass is 10.1. The van der Waals surface area contributed by atoms with Gasteiger partial charge in [0.25, 0.3) is 0 Å². The van der Waals surface area contributed by atoms with Gasteiger partial charge >= 0.3 is 0 Å². The highest BCUT2D eigenvalue weighted by Gasteiger charge is 2.35. The average molecular weight is 393 g/mol. The van der Waals surface area contributed by atoms with Gasteiger partial charge in [0.05, 0.1) is 30.8 Å². The largest absolute Gasteiger partial charge is 0.493 e. The van der Waals surface area contributed by atoms with Crippen LogP contribution in [-0.2, 0) is 9.59 Å². The zero-order valence-electron chi connectivity index (χ0n) is 14.8. The van der Waals surface area contributed by atoms with Gasteiger partial charge in [0.1, 0.15) is 5.82 Å². The molecule has 1 N–H and O–H groups in total. The number of halogens is 2. The van der Waals surface area contributed by atoms with Gasteiger partial charge < -0.3 is 19.7 Å². The summed E-state index contributed by atoms with van der Waals surface area (Å²) in [4.78, 5) is 26.4. The van der Waals surface area contributed by atoms with Crippen LogP contribution in [0.15, 0.2) is 36.4 Å². The first-order valence-corrected chi connectivity index (χ1v) is 8.59. The van der Waals surface area contributed by atoms with Gasteiger partial charge in [-0.1, -0.05) is 11.6 Å². The Morgan fingerprint density at radius 3 is 2.59 bits per heavy atom. The number of nitrogens with one attached hydrogen (secondary N) is 1. The van der Waals surface area contributed by atoms with Crippen LogP contribution in [0.3, 0.4) is 0 Å². The van der Waals surface area contributed by atoms with E-state index in [1.807, 2.05) is 0 Å². The minimum Gasteiger partial charge on any atom is -0.493 e. The number of hydrogen-bond donors (Lipinski definition) is 1. The molecule has 3 rings (SSSR count). The van der Waals surface area contributed by atoms with Crippen molar-refractivity contribution in [1.82, 2.24) is 0 Å². The molecule has 1 unspecified atom stereocenters. The molecule has 6 nitrogen and oxygen atoms in total. The summed E-state index contributed by atoms with van der Waals surface area (Å²) < 4.78 is 23.6. The standard InChI is InChI=1S/C19H18ClFN2O4/c1-26-16-6-4-13(9-17(16)27-2)23-10-11(7-18(23)24)19(25)22-15-5-3-12(21)8-14(15)20/h3-6,8-9,11H,7,10H2,1-2H3,(H,22,25). The van der Waals surface area contributed by atoms with E-state index < -0.39 is 11.7 Å². The molecule has 0 spiro atoms. The molecule has 27 heavy (non-hydrogen) atoms. The van der Waals surface area contributed by atoms with Crippen molar-refractivity contribution in [3.63, 3.8) is 0 Å². The molecule has 1 aliphatic heterocycles. The molecule has 8 heteroatoms. The second kappa shape index (κ2) is 7.84. The van der Waals surface area contributed by atoms with Gasteiger partial charge in [-0.25, -0.2) is 4.39 Å². The molecule has 0 aliphatic carbocycles. The Bertz CT molecular complexity index is 890. The fraction of sp³-hybridized carbons (Fsp3) is 0.263. The molecular formula is C19H18ClFN2O4. The van der Waals surface area contributed by atoms with Crippen molar-refractivity contribution in [2.45, 2.75) is 6.42 Å². The van der Waals surface area contributed by atoms with E-state index in [1.165, 1.54) is 31.3 Å². The number of anilines is 2. The molecule has 0 radical (unpaired) electrons. The quantitative estimate of drug-likeness (QED) is 0.845. The molecule has 2 aromatic carbocycles. The van der Waals surface area contributed by atoms with E-state index in [1.54, 1.807) is 18.2 Å². The topological polar surface area (TPSA) is 67.9 Å². The first-order chi connectivity index (χ1) is 12.9. The van der Waals surface area contributed by atoms with Crippen LogP contribution in [0.5, 0.6) is 11.5 Å². The maximum atomic E-state index is 13.1. The summed E-state index contributed by atoms with van der Waals surface area (Å²) in [5.41, 5.74) is 0.924. The third-order valence-corrected chi connectivity index (χ3v) is 4.68. The molecule has 2 aromatic rings. The third-order valence-electron chi connectivity index (χ3n) is 4.36. The maximum absolute atomic E-state index is 13.1. The van der Waals surface area contributed by atoms with E-state index in [0.29, 0.717) is 22.9 Å². The lowest BCUT2D eigenvalue weighted by Crippen LogP contribution is -2.28. The van der Waals surface area contributed by atoms with Gasteiger partial charge in [-0.15, -0.1) is 0 Å². The van der Waals surface area contributed by atoms with Crippen LogP contribution in [0.25, 0.3) is 0 Å². The van der Waals surface area contributed by atoms with Gasteiger partial charge in [0, 0.05) is 24.7 Å². The summed E-state index contributed by atoms with van der Waals surface area (Å²) in [6.45, 7) is 0.221. The van der Waals surface area contributed by atoms with Crippen LogP contribution in [0.4, 0.5) is 15.8 Å². The fourth-order valence-corrected chi connectivity index (χ4v) is 3.17. The monoisotopic (exact) mass is 392 g/mol. The summed E-state index contributed by atoms with van der Waals surface area (Å²) in [6.07, 6.45) is 0.0684. The molecule has 142 valence electrons. The summed E-state index contributed by atoms with van der Waals surface area (Å²) in [5, 5.41) is 2.75. The number of methoxy groups -OCH3 is 2. The normalized spacial score (nSPS) is 16.4. The molecule has 1 saturated heterocycles. The number of benzene rings is 2. The Labute approximate surface area is 160 Å². The zero-order chi connectivity index (χ0) is 19.6. The lowest BCUT2D eigenvalue weighted by Gasteiger charge is -2.18. The summed E-state index contributed by atoms with van der Waals surface area (Å²) in [6, 6.07) is 8.83. The minimum atomic E-state index is -0.549. The SMILES string of the molecule is COc1ccc(N2CC(C(=O)Nc3ccc(F)cc3Cl)CC2=O)cc1OC. The molecule has 0 saturated carbocycles. The maximum Gasteiger partial charge on any atom is 0.229 e. The van der Waals surface area contributed by atoms with Crippen LogP contribution in [-0.4, -0.2) is 32.6 Å². The van der Waals surface area contributed by atoms with E-state index in [-0.39, 0.29) is 29.8 Å². The molecule has 0 bridgehead atoms. The van der Waals surface area contributed by atoms with Crippen molar-refractivity contribution in [3.8, 4) is 11.5 Å². The van der Waals surface area contributed by atoms with Gasteiger partial charge in [0.2, 0.25) is 11.8 Å². The van der Waals surface area contributed by atoms with Gasteiger partial charge in [-0.2, -0.15) is 0 Å². The molecular weight excluding hydrogens is 375 g/mol. The lowest BCUT2D eigenvalue weighted by molar-refractivity contribution is -0.122. The zero-order valence-corrected chi connectivity index (χ0v) is 15.5. The number of amides is 2. The highest BCUT2D eigenvalue weighted by Crippen LogP contribution is 2.34. The van der Waals surface area contributed by atoms with E-state index in [9.17, 15) is 14.0 Å². The van der Waals surface area contributed by atoms with Crippen molar-refractivity contribution >= 4 is 34.8 Å². The number of hydrogen-bond acceptors (Lipinski definition) is 4. The Balaban J connectivity index is 1.74. The van der Waals surface area contributed by atoms with Crippen molar-refractivity contribution < 1.29 is 23.5 Å². The smallest absolute Gasteiger partial charge is 0.229 e. The minimum absolute atomic E-state index is 0.0684. The number of nitrogens with zero attached hydrogens (tertiary/aromatic N) is 1. The molecule has 2 amide bonds. The fourth-order valence-electron chi connectivity index (χ4n) is 2.95. The van der Waals surface area contributed by atoms with Crippen LogP contribution >= 0.6 is 11.6 Å².